The maximum atomic E-state index is 14.2. The number of carbonyl (C=O) groups excluding carboxylic acids is 1. The number of benzene rings is 1. The van der Waals surface area contributed by atoms with E-state index in [1.54, 1.807) is 42.6 Å². The van der Waals surface area contributed by atoms with Gasteiger partial charge < -0.3 is 11.1 Å². The molecule has 0 spiro atoms. The quantitative estimate of drug-likeness (QED) is 0.726. The monoisotopic (exact) mass is 363 g/mol. The van der Waals surface area contributed by atoms with Crippen molar-refractivity contribution in [2.45, 2.75) is 24.8 Å². The molecule has 0 unspecified atom stereocenters. The zero-order valence-corrected chi connectivity index (χ0v) is 14.5. The van der Waals surface area contributed by atoms with Crippen molar-refractivity contribution in [3.63, 3.8) is 0 Å². The molecule has 1 aliphatic carbocycles. The van der Waals surface area contributed by atoms with E-state index in [4.69, 9.17) is 5.73 Å². The minimum absolute atomic E-state index is 0.322. The topological polar surface area (TPSA) is 93.8 Å². The average molecular weight is 363 g/mol. The highest BCUT2D eigenvalue weighted by Gasteiger charge is 2.42. The Bertz CT molecular complexity index is 986. The molecule has 3 N–H and O–H groups in total. The maximum absolute atomic E-state index is 14.2. The first-order valence-electron chi connectivity index (χ1n) is 8.71. The highest BCUT2D eigenvalue weighted by atomic mass is 19.1. The van der Waals surface area contributed by atoms with Crippen LogP contribution in [0.3, 0.4) is 0 Å². The van der Waals surface area contributed by atoms with Crippen LogP contribution in [0.5, 0.6) is 0 Å². The van der Waals surface area contributed by atoms with Crippen LogP contribution in [0.25, 0.3) is 11.3 Å². The minimum atomic E-state index is -0.548. The van der Waals surface area contributed by atoms with Crippen LogP contribution in [-0.2, 0) is 5.54 Å². The second kappa shape index (κ2) is 6.75. The maximum Gasteiger partial charge on any atom is 0.248 e. The number of primary amides is 1. The van der Waals surface area contributed by atoms with Gasteiger partial charge in [-0.2, -0.15) is 0 Å². The van der Waals surface area contributed by atoms with Crippen molar-refractivity contribution in [2.75, 3.05) is 5.32 Å². The largest absolute Gasteiger partial charge is 0.366 e. The lowest BCUT2D eigenvalue weighted by Gasteiger charge is -2.42. The Hall–Kier alpha value is -3.35. The molecular weight excluding hydrogens is 345 g/mol. The Morgan fingerprint density at radius 1 is 1.11 bits per heavy atom. The summed E-state index contributed by atoms with van der Waals surface area (Å²) >= 11 is 0. The smallest absolute Gasteiger partial charge is 0.248 e. The second-order valence-corrected chi connectivity index (χ2v) is 6.64. The van der Waals surface area contributed by atoms with Crippen molar-refractivity contribution in [3.05, 3.63) is 71.8 Å². The molecule has 4 rings (SSSR count). The van der Waals surface area contributed by atoms with Gasteiger partial charge in [-0.15, -0.1) is 10.2 Å². The number of rotatable bonds is 5. The number of nitrogens with two attached hydrogens (primary N) is 1. The van der Waals surface area contributed by atoms with Crippen molar-refractivity contribution >= 4 is 11.7 Å². The van der Waals surface area contributed by atoms with E-state index in [2.05, 4.69) is 20.5 Å². The van der Waals surface area contributed by atoms with E-state index < -0.39 is 11.4 Å². The van der Waals surface area contributed by atoms with Gasteiger partial charge in [0.05, 0.1) is 11.2 Å². The summed E-state index contributed by atoms with van der Waals surface area (Å²) in [5.41, 5.74) is 6.97. The molecular formula is C20H18FN5O. The summed E-state index contributed by atoms with van der Waals surface area (Å²) in [6, 6.07) is 13.5. The standard InChI is InChI=1S/C20H18FN5O/c21-15-6-2-11-23-18(15)20(9-3-10-20)24-17-8-7-16(25-26-17)13-4-1-5-14(12-13)19(22)27/h1-2,4-8,11-12H,3,9-10H2,(H2,22,27)(H,24,26). The van der Waals surface area contributed by atoms with Gasteiger partial charge in [0.25, 0.3) is 0 Å². The Morgan fingerprint density at radius 2 is 1.96 bits per heavy atom. The molecule has 0 atom stereocenters. The lowest BCUT2D eigenvalue weighted by atomic mass is 9.74. The van der Waals surface area contributed by atoms with Gasteiger partial charge in [0.1, 0.15) is 17.3 Å². The molecule has 7 heteroatoms. The van der Waals surface area contributed by atoms with E-state index in [1.165, 1.54) is 6.07 Å². The molecule has 0 aliphatic heterocycles. The van der Waals surface area contributed by atoms with Crippen LogP contribution >= 0.6 is 0 Å². The van der Waals surface area contributed by atoms with Crippen molar-refractivity contribution < 1.29 is 9.18 Å². The number of aromatic nitrogens is 3. The highest BCUT2D eigenvalue weighted by molar-refractivity contribution is 5.93. The van der Waals surface area contributed by atoms with Crippen LogP contribution in [0.15, 0.2) is 54.7 Å². The van der Waals surface area contributed by atoms with Crippen LogP contribution in [0.4, 0.5) is 10.2 Å². The van der Waals surface area contributed by atoms with Crippen molar-refractivity contribution in [3.8, 4) is 11.3 Å². The minimum Gasteiger partial charge on any atom is -0.366 e. The number of nitrogens with zero attached hydrogens (tertiary/aromatic N) is 3. The lowest BCUT2D eigenvalue weighted by Crippen LogP contribution is -2.43. The fraction of sp³-hybridized carbons (Fsp3) is 0.200. The molecule has 1 amide bonds. The van der Waals surface area contributed by atoms with Crippen LogP contribution in [0, 0.1) is 5.82 Å². The SMILES string of the molecule is NC(=O)c1cccc(-c2ccc(NC3(c4ncccc4F)CCC3)nn2)c1. The molecule has 136 valence electrons. The Labute approximate surface area is 155 Å². The molecule has 0 radical (unpaired) electrons. The predicted molar refractivity (Wildman–Crippen MR) is 99.3 cm³/mol. The fourth-order valence-electron chi connectivity index (χ4n) is 3.32. The summed E-state index contributed by atoms with van der Waals surface area (Å²) in [4.78, 5) is 15.6. The van der Waals surface area contributed by atoms with Crippen molar-refractivity contribution in [1.29, 1.82) is 0 Å². The summed E-state index contributed by atoms with van der Waals surface area (Å²) in [6.07, 6.45) is 4.16. The normalized spacial score (nSPS) is 15.0. The average Bonchev–Trinajstić information content (AvgIpc) is 2.66. The van der Waals surface area contributed by atoms with Crippen LogP contribution < -0.4 is 11.1 Å². The summed E-state index contributed by atoms with van der Waals surface area (Å²) < 4.78 is 14.2. The van der Waals surface area contributed by atoms with Gasteiger partial charge in [-0.3, -0.25) is 9.78 Å². The van der Waals surface area contributed by atoms with E-state index in [0.29, 0.717) is 22.8 Å². The third-order valence-electron chi connectivity index (χ3n) is 4.89. The first-order valence-corrected chi connectivity index (χ1v) is 8.71. The summed E-state index contributed by atoms with van der Waals surface area (Å²) in [7, 11) is 0. The molecule has 1 fully saturated rings. The number of carbonyl (C=O) groups is 1. The summed E-state index contributed by atoms with van der Waals surface area (Å²) in [6.45, 7) is 0. The number of amides is 1. The van der Waals surface area contributed by atoms with Crippen molar-refractivity contribution in [1.82, 2.24) is 15.2 Å². The Balaban J connectivity index is 1.59. The number of anilines is 1. The Morgan fingerprint density at radius 3 is 2.59 bits per heavy atom. The van der Waals surface area contributed by atoms with Crippen LogP contribution in [0.2, 0.25) is 0 Å². The van der Waals surface area contributed by atoms with Crippen LogP contribution in [0.1, 0.15) is 35.3 Å². The lowest BCUT2D eigenvalue weighted by molar-refractivity contribution is 0.100. The van der Waals surface area contributed by atoms with Gasteiger partial charge in [-0.1, -0.05) is 12.1 Å². The summed E-state index contributed by atoms with van der Waals surface area (Å²) in [5, 5.41) is 11.8. The number of hydrogen-bond donors (Lipinski definition) is 2. The van der Waals surface area contributed by atoms with Crippen molar-refractivity contribution in [2.24, 2.45) is 5.73 Å². The molecule has 0 saturated heterocycles. The highest BCUT2D eigenvalue weighted by Crippen LogP contribution is 2.43. The third-order valence-corrected chi connectivity index (χ3v) is 4.89. The van der Waals surface area contributed by atoms with Gasteiger partial charge in [0, 0.05) is 17.3 Å². The molecule has 1 saturated carbocycles. The third kappa shape index (κ3) is 3.23. The number of nitrogens with one attached hydrogen (secondary N) is 1. The molecule has 0 bridgehead atoms. The first kappa shape index (κ1) is 17.1. The first-order chi connectivity index (χ1) is 13.1. The molecule has 1 aliphatic rings. The summed E-state index contributed by atoms with van der Waals surface area (Å²) in [5.74, 6) is -0.264. The van der Waals surface area contributed by atoms with E-state index in [1.807, 2.05) is 6.07 Å². The fourth-order valence-corrected chi connectivity index (χ4v) is 3.32. The predicted octanol–water partition coefficient (Wildman–Crippen LogP) is 3.27. The van der Waals surface area contributed by atoms with E-state index in [9.17, 15) is 9.18 Å². The molecule has 2 aromatic heterocycles. The van der Waals surface area contributed by atoms with Gasteiger partial charge in [-0.25, -0.2) is 4.39 Å². The van der Waals surface area contributed by atoms with Gasteiger partial charge in [0.2, 0.25) is 5.91 Å². The van der Waals surface area contributed by atoms with Gasteiger partial charge >= 0.3 is 0 Å². The molecule has 27 heavy (non-hydrogen) atoms. The molecule has 1 aromatic carbocycles. The number of hydrogen-bond acceptors (Lipinski definition) is 5. The number of pyridine rings is 1. The zero-order valence-electron chi connectivity index (χ0n) is 14.5. The molecule has 6 nitrogen and oxygen atoms in total. The van der Waals surface area contributed by atoms with Gasteiger partial charge in [-0.05, 0) is 55.7 Å². The van der Waals surface area contributed by atoms with Gasteiger partial charge in [0.15, 0.2) is 0 Å². The number of halogens is 1. The second-order valence-electron chi connectivity index (χ2n) is 6.64. The van der Waals surface area contributed by atoms with E-state index >= 15 is 0 Å². The van der Waals surface area contributed by atoms with E-state index in [-0.39, 0.29) is 5.82 Å². The van der Waals surface area contributed by atoms with Crippen LogP contribution in [-0.4, -0.2) is 21.1 Å². The molecule has 2 heterocycles. The zero-order chi connectivity index (χ0) is 18.9. The van der Waals surface area contributed by atoms with E-state index in [0.717, 1.165) is 24.8 Å². The molecule has 3 aromatic rings. The Kier molecular flexibility index (Phi) is 4.27.